The number of hydrogen-bond donors (Lipinski definition) is 2. The predicted molar refractivity (Wildman–Crippen MR) is 60.8 cm³/mol. The van der Waals surface area contributed by atoms with E-state index in [9.17, 15) is 14.7 Å². The Morgan fingerprint density at radius 1 is 1.38 bits per heavy atom. The van der Waals surface area contributed by atoms with E-state index in [1.54, 1.807) is 0 Å². The lowest BCUT2D eigenvalue weighted by molar-refractivity contribution is -0.139. The molecule has 0 saturated heterocycles. The van der Waals surface area contributed by atoms with Crippen molar-refractivity contribution in [2.75, 3.05) is 6.54 Å². The first-order valence-corrected chi connectivity index (χ1v) is 5.75. The van der Waals surface area contributed by atoms with Crippen LogP contribution in [0.25, 0.3) is 0 Å². The molecule has 0 aromatic rings. The maximum Gasteiger partial charge on any atom is 0.287 e. The maximum atomic E-state index is 11.5. The van der Waals surface area contributed by atoms with Crippen molar-refractivity contribution in [2.24, 2.45) is 5.92 Å². The summed E-state index contributed by atoms with van der Waals surface area (Å²) in [6, 6.07) is 0. The van der Waals surface area contributed by atoms with Gasteiger partial charge in [-0.15, -0.1) is 6.58 Å². The van der Waals surface area contributed by atoms with Gasteiger partial charge in [0.1, 0.15) is 0 Å². The summed E-state index contributed by atoms with van der Waals surface area (Å²) in [7, 11) is 0. The van der Waals surface area contributed by atoms with E-state index in [0.717, 1.165) is 25.7 Å². The van der Waals surface area contributed by atoms with Crippen LogP contribution in [0.15, 0.2) is 12.7 Å². The second kappa shape index (κ2) is 6.43. The van der Waals surface area contributed by atoms with Crippen LogP contribution in [0.3, 0.4) is 0 Å². The molecule has 1 rings (SSSR count). The maximum absolute atomic E-state index is 11.5. The van der Waals surface area contributed by atoms with E-state index in [0.29, 0.717) is 6.54 Å². The van der Waals surface area contributed by atoms with Crippen molar-refractivity contribution < 1.29 is 14.7 Å². The van der Waals surface area contributed by atoms with Gasteiger partial charge in [0.05, 0.1) is 6.10 Å². The Hall–Kier alpha value is -1.16. The first kappa shape index (κ1) is 12.9. The molecule has 4 nitrogen and oxygen atoms in total. The topological polar surface area (TPSA) is 66.4 Å². The molecule has 0 bridgehead atoms. The van der Waals surface area contributed by atoms with Gasteiger partial charge in [0.15, 0.2) is 0 Å². The van der Waals surface area contributed by atoms with Crippen LogP contribution < -0.4 is 5.32 Å². The van der Waals surface area contributed by atoms with Gasteiger partial charge in [0.2, 0.25) is 5.78 Å². The molecule has 0 aromatic carbocycles. The fourth-order valence-corrected chi connectivity index (χ4v) is 2.02. The Morgan fingerprint density at radius 2 is 2.06 bits per heavy atom. The lowest BCUT2D eigenvalue weighted by atomic mass is 9.83. The number of carbonyl (C=O) groups is 2. The highest BCUT2D eigenvalue weighted by molar-refractivity contribution is 6.36. The lowest BCUT2D eigenvalue weighted by Gasteiger charge is -2.26. The summed E-state index contributed by atoms with van der Waals surface area (Å²) < 4.78 is 0. The Kier molecular flexibility index (Phi) is 5.19. The standard InChI is InChI=1S/C12H19NO3/c1-2-7-13-12(16)11(15)8-9-5-3-4-6-10(9)14/h2,9-10,14H,1,3-8H2,(H,13,16). The van der Waals surface area contributed by atoms with Crippen LogP contribution in [0.5, 0.6) is 0 Å². The highest BCUT2D eigenvalue weighted by atomic mass is 16.3. The Morgan fingerprint density at radius 3 is 2.69 bits per heavy atom. The molecule has 1 amide bonds. The van der Waals surface area contributed by atoms with Gasteiger partial charge in [-0.3, -0.25) is 9.59 Å². The molecule has 2 N–H and O–H groups in total. The zero-order valence-electron chi connectivity index (χ0n) is 9.45. The summed E-state index contributed by atoms with van der Waals surface area (Å²) in [4.78, 5) is 22.8. The third-order valence-electron chi connectivity index (χ3n) is 2.98. The van der Waals surface area contributed by atoms with E-state index < -0.39 is 17.8 Å². The fourth-order valence-electron chi connectivity index (χ4n) is 2.02. The number of hydrogen-bond acceptors (Lipinski definition) is 3. The van der Waals surface area contributed by atoms with Crippen molar-refractivity contribution >= 4 is 11.7 Å². The molecule has 1 aliphatic carbocycles. The van der Waals surface area contributed by atoms with Gasteiger partial charge in [-0.2, -0.15) is 0 Å². The Labute approximate surface area is 95.7 Å². The minimum Gasteiger partial charge on any atom is -0.393 e. The van der Waals surface area contributed by atoms with E-state index in [2.05, 4.69) is 11.9 Å². The second-order valence-electron chi connectivity index (χ2n) is 4.24. The Bertz CT molecular complexity index is 275. The predicted octanol–water partition coefficient (Wildman–Crippen LogP) is 0.799. The van der Waals surface area contributed by atoms with Crippen LogP contribution >= 0.6 is 0 Å². The van der Waals surface area contributed by atoms with E-state index in [4.69, 9.17) is 0 Å². The number of aliphatic hydroxyl groups excluding tert-OH is 1. The molecule has 0 spiro atoms. The highest BCUT2D eigenvalue weighted by Crippen LogP contribution is 2.26. The monoisotopic (exact) mass is 225 g/mol. The van der Waals surface area contributed by atoms with E-state index in [1.807, 2.05) is 0 Å². The number of nitrogens with one attached hydrogen (secondary N) is 1. The highest BCUT2D eigenvalue weighted by Gasteiger charge is 2.27. The summed E-state index contributed by atoms with van der Waals surface area (Å²) >= 11 is 0. The molecule has 1 saturated carbocycles. The molecule has 0 aliphatic heterocycles. The van der Waals surface area contributed by atoms with Gasteiger partial charge in [-0.25, -0.2) is 0 Å². The minimum atomic E-state index is -0.572. The van der Waals surface area contributed by atoms with Crippen LogP contribution in [-0.2, 0) is 9.59 Å². The van der Waals surface area contributed by atoms with Crippen molar-refractivity contribution in [3.63, 3.8) is 0 Å². The summed E-state index contributed by atoms with van der Waals surface area (Å²) in [6.07, 6.45) is 4.88. The molecule has 0 aromatic heterocycles. The van der Waals surface area contributed by atoms with Gasteiger partial charge in [0, 0.05) is 13.0 Å². The number of Topliss-reactive ketones (excluding diaryl/α,β-unsaturated/α-hetero) is 1. The SMILES string of the molecule is C=CCNC(=O)C(=O)CC1CCCCC1O. The van der Waals surface area contributed by atoms with Crippen molar-refractivity contribution in [1.82, 2.24) is 5.32 Å². The number of ketones is 1. The Balaban J connectivity index is 2.37. The molecule has 4 heteroatoms. The zero-order chi connectivity index (χ0) is 12.0. The van der Waals surface area contributed by atoms with Gasteiger partial charge < -0.3 is 10.4 Å². The van der Waals surface area contributed by atoms with E-state index in [-0.39, 0.29) is 12.3 Å². The molecule has 2 unspecified atom stereocenters. The van der Waals surface area contributed by atoms with Crippen LogP contribution in [-0.4, -0.2) is 29.4 Å². The average Bonchev–Trinajstić information content (AvgIpc) is 2.28. The van der Waals surface area contributed by atoms with Crippen LogP contribution in [0.2, 0.25) is 0 Å². The first-order valence-electron chi connectivity index (χ1n) is 5.75. The fraction of sp³-hybridized carbons (Fsp3) is 0.667. The summed E-state index contributed by atoms with van der Waals surface area (Å²) in [5, 5.41) is 12.1. The van der Waals surface area contributed by atoms with Gasteiger partial charge >= 0.3 is 0 Å². The second-order valence-corrected chi connectivity index (χ2v) is 4.24. The first-order chi connectivity index (χ1) is 7.65. The molecular formula is C12H19NO3. The molecule has 16 heavy (non-hydrogen) atoms. The molecule has 1 fully saturated rings. The molecule has 90 valence electrons. The van der Waals surface area contributed by atoms with Crippen molar-refractivity contribution in [3.05, 3.63) is 12.7 Å². The molecular weight excluding hydrogens is 206 g/mol. The normalized spacial score (nSPS) is 24.8. The van der Waals surface area contributed by atoms with E-state index in [1.165, 1.54) is 6.08 Å². The summed E-state index contributed by atoms with van der Waals surface area (Å²) in [5.41, 5.74) is 0. The number of rotatable bonds is 5. The van der Waals surface area contributed by atoms with Gasteiger partial charge in [-0.05, 0) is 18.8 Å². The smallest absolute Gasteiger partial charge is 0.287 e. The zero-order valence-corrected chi connectivity index (χ0v) is 9.45. The summed E-state index contributed by atoms with van der Waals surface area (Å²) in [6.45, 7) is 3.76. The molecule has 0 radical (unpaired) electrons. The molecule has 2 atom stereocenters. The average molecular weight is 225 g/mol. The minimum absolute atomic E-state index is 0.0456. The van der Waals surface area contributed by atoms with Crippen LogP contribution in [0, 0.1) is 5.92 Å². The van der Waals surface area contributed by atoms with Crippen molar-refractivity contribution in [3.8, 4) is 0 Å². The number of amides is 1. The quantitative estimate of drug-likeness (QED) is 0.537. The van der Waals surface area contributed by atoms with Gasteiger partial charge in [-0.1, -0.05) is 18.9 Å². The number of carbonyl (C=O) groups excluding carboxylic acids is 2. The lowest BCUT2D eigenvalue weighted by Crippen LogP contribution is -2.35. The third kappa shape index (κ3) is 3.77. The largest absolute Gasteiger partial charge is 0.393 e. The van der Waals surface area contributed by atoms with Crippen LogP contribution in [0.4, 0.5) is 0 Å². The third-order valence-corrected chi connectivity index (χ3v) is 2.98. The van der Waals surface area contributed by atoms with Crippen LogP contribution in [0.1, 0.15) is 32.1 Å². The molecule has 0 heterocycles. The molecule has 1 aliphatic rings. The van der Waals surface area contributed by atoms with Gasteiger partial charge in [0.25, 0.3) is 5.91 Å². The summed E-state index contributed by atoms with van der Waals surface area (Å²) in [5.74, 6) is -1.05. The number of aliphatic hydroxyl groups is 1. The van der Waals surface area contributed by atoms with Crippen molar-refractivity contribution in [1.29, 1.82) is 0 Å². The van der Waals surface area contributed by atoms with Crippen molar-refractivity contribution in [2.45, 2.75) is 38.2 Å². The van der Waals surface area contributed by atoms with E-state index >= 15 is 0 Å².